The van der Waals surface area contributed by atoms with Crippen LogP contribution in [-0.2, 0) is 5.88 Å². The van der Waals surface area contributed by atoms with Gasteiger partial charge in [0.15, 0.2) is 0 Å². The molecule has 1 aromatic heterocycles. The second-order valence-corrected chi connectivity index (χ2v) is 3.90. The van der Waals surface area contributed by atoms with Gasteiger partial charge in [-0.1, -0.05) is 0 Å². The van der Waals surface area contributed by atoms with Crippen molar-refractivity contribution in [3.63, 3.8) is 0 Å². The fourth-order valence-electron chi connectivity index (χ4n) is 0.838. The van der Waals surface area contributed by atoms with Crippen LogP contribution < -0.4 is 10.3 Å². The van der Waals surface area contributed by atoms with Gasteiger partial charge in [0.05, 0.1) is 5.88 Å². The summed E-state index contributed by atoms with van der Waals surface area (Å²) < 4.78 is 39.3. The number of pyridine rings is 1. The summed E-state index contributed by atoms with van der Waals surface area (Å²) in [4.78, 5) is 13.1. The molecule has 84 valence electrons. The van der Waals surface area contributed by atoms with E-state index in [1.165, 1.54) is 0 Å². The standard InChI is InChI=1S/C7H4ClF3INO2/c8-2-3-4(12)1-5(13-6(3)14)15-7(9,10)11/h1H,2H2,(H,13,14). The van der Waals surface area contributed by atoms with Crippen LogP contribution in [0.3, 0.4) is 0 Å². The second-order valence-electron chi connectivity index (χ2n) is 2.47. The van der Waals surface area contributed by atoms with E-state index in [0.29, 0.717) is 3.57 Å². The number of halogens is 5. The Hall–Kier alpha value is -0.440. The molecule has 1 N–H and O–H groups in total. The number of nitrogens with one attached hydrogen (secondary N) is 1. The zero-order valence-corrected chi connectivity index (χ0v) is 9.90. The lowest BCUT2D eigenvalue weighted by Crippen LogP contribution is -2.22. The first-order valence-electron chi connectivity index (χ1n) is 3.57. The Kier molecular flexibility index (Phi) is 3.87. The molecule has 1 rings (SSSR count). The van der Waals surface area contributed by atoms with Crippen molar-refractivity contribution < 1.29 is 17.9 Å². The van der Waals surface area contributed by atoms with Crippen molar-refractivity contribution in [1.29, 1.82) is 0 Å². The molecule has 0 aliphatic rings. The van der Waals surface area contributed by atoms with Gasteiger partial charge < -0.3 is 4.74 Å². The van der Waals surface area contributed by atoms with E-state index in [1.54, 1.807) is 22.6 Å². The molecule has 0 atom stereocenters. The summed E-state index contributed by atoms with van der Waals surface area (Å²) in [5.41, 5.74) is -0.469. The summed E-state index contributed by atoms with van der Waals surface area (Å²) in [6.07, 6.45) is -4.82. The van der Waals surface area contributed by atoms with Crippen LogP contribution in [0.25, 0.3) is 0 Å². The maximum atomic E-state index is 11.8. The van der Waals surface area contributed by atoms with Crippen LogP contribution in [0.1, 0.15) is 5.56 Å². The lowest BCUT2D eigenvalue weighted by atomic mass is 10.3. The number of hydrogen-bond donors (Lipinski definition) is 1. The van der Waals surface area contributed by atoms with Crippen molar-refractivity contribution in [2.24, 2.45) is 0 Å². The largest absolute Gasteiger partial charge is 0.574 e. The highest BCUT2D eigenvalue weighted by atomic mass is 127. The highest BCUT2D eigenvalue weighted by Crippen LogP contribution is 2.22. The molecule has 1 heterocycles. The number of alkyl halides is 4. The van der Waals surface area contributed by atoms with Crippen LogP contribution in [-0.4, -0.2) is 11.3 Å². The lowest BCUT2D eigenvalue weighted by molar-refractivity contribution is -0.276. The Bertz CT molecular complexity index is 418. The summed E-state index contributed by atoms with van der Waals surface area (Å²) in [6.45, 7) is 0. The predicted molar refractivity (Wildman–Crippen MR) is 56.0 cm³/mol. The van der Waals surface area contributed by atoms with Gasteiger partial charge in [0.25, 0.3) is 5.56 Å². The highest BCUT2D eigenvalue weighted by molar-refractivity contribution is 14.1. The molecule has 0 fully saturated rings. The minimum Gasteiger partial charge on any atom is -0.390 e. The monoisotopic (exact) mass is 353 g/mol. The average molecular weight is 353 g/mol. The van der Waals surface area contributed by atoms with Crippen molar-refractivity contribution in [2.45, 2.75) is 12.2 Å². The Morgan fingerprint density at radius 2 is 2.13 bits per heavy atom. The molecular formula is C7H4ClF3INO2. The quantitative estimate of drug-likeness (QED) is 0.656. The van der Waals surface area contributed by atoms with Gasteiger partial charge in [-0.2, -0.15) is 0 Å². The molecule has 0 unspecified atom stereocenters. The number of ether oxygens (including phenoxy) is 1. The minimum absolute atomic E-state index is 0.0695. The molecule has 0 bridgehead atoms. The van der Waals surface area contributed by atoms with Gasteiger partial charge in [-0.3, -0.25) is 9.78 Å². The van der Waals surface area contributed by atoms with Crippen molar-refractivity contribution in [1.82, 2.24) is 4.98 Å². The molecule has 0 amide bonds. The van der Waals surface area contributed by atoms with E-state index in [2.05, 4.69) is 4.74 Å². The Morgan fingerprint density at radius 3 is 2.53 bits per heavy atom. The molecular weight excluding hydrogens is 349 g/mol. The van der Waals surface area contributed by atoms with Crippen LogP contribution in [0.5, 0.6) is 5.88 Å². The summed E-state index contributed by atoms with van der Waals surface area (Å²) in [5, 5.41) is 0. The predicted octanol–water partition coefficient (Wildman–Crippen LogP) is 2.62. The Balaban J connectivity index is 3.10. The zero-order valence-electron chi connectivity index (χ0n) is 6.99. The van der Waals surface area contributed by atoms with Crippen molar-refractivity contribution in [3.8, 4) is 5.88 Å². The first kappa shape index (κ1) is 12.6. The number of H-pyrrole nitrogens is 1. The van der Waals surface area contributed by atoms with E-state index in [-0.39, 0.29) is 11.4 Å². The smallest absolute Gasteiger partial charge is 0.390 e. The Labute approximate surface area is 101 Å². The van der Waals surface area contributed by atoms with E-state index in [9.17, 15) is 18.0 Å². The molecule has 3 nitrogen and oxygen atoms in total. The maximum absolute atomic E-state index is 11.8. The average Bonchev–Trinajstić information content (AvgIpc) is 1.99. The molecule has 0 aliphatic heterocycles. The Morgan fingerprint density at radius 1 is 1.53 bits per heavy atom. The van der Waals surface area contributed by atoms with E-state index in [4.69, 9.17) is 11.6 Å². The topological polar surface area (TPSA) is 42.1 Å². The number of aromatic amines is 1. The number of rotatable bonds is 2. The van der Waals surface area contributed by atoms with Crippen LogP contribution in [0.4, 0.5) is 13.2 Å². The van der Waals surface area contributed by atoms with E-state index in [0.717, 1.165) is 6.07 Å². The molecule has 15 heavy (non-hydrogen) atoms. The van der Waals surface area contributed by atoms with Crippen molar-refractivity contribution in [3.05, 3.63) is 25.6 Å². The maximum Gasteiger partial charge on any atom is 0.574 e. The third kappa shape index (κ3) is 3.56. The lowest BCUT2D eigenvalue weighted by Gasteiger charge is -2.09. The van der Waals surface area contributed by atoms with Gasteiger partial charge in [-0.15, -0.1) is 24.8 Å². The first-order chi connectivity index (χ1) is 6.83. The van der Waals surface area contributed by atoms with Crippen molar-refractivity contribution >= 4 is 34.2 Å². The molecule has 0 saturated heterocycles. The van der Waals surface area contributed by atoms with E-state index < -0.39 is 17.8 Å². The molecule has 8 heteroatoms. The van der Waals surface area contributed by atoms with Crippen molar-refractivity contribution in [2.75, 3.05) is 0 Å². The van der Waals surface area contributed by atoms with Gasteiger partial charge in [0, 0.05) is 15.2 Å². The first-order valence-corrected chi connectivity index (χ1v) is 5.18. The van der Waals surface area contributed by atoms with Gasteiger partial charge >= 0.3 is 6.36 Å². The summed E-state index contributed by atoms with van der Waals surface area (Å²) in [6, 6.07) is 1.06. The van der Waals surface area contributed by atoms with Crippen LogP contribution in [0, 0.1) is 3.57 Å². The highest BCUT2D eigenvalue weighted by Gasteiger charge is 2.31. The third-order valence-electron chi connectivity index (χ3n) is 1.42. The minimum atomic E-state index is -4.82. The van der Waals surface area contributed by atoms with E-state index >= 15 is 0 Å². The summed E-state index contributed by atoms with van der Waals surface area (Å²) in [7, 11) is 0. The normalized spacial score (nSPS) is 11.5. The number of aromatic nitrogens is 1. The van der Waals surface area contributed by atoms with Crippen LogP contribution >= 0.6 is 34.2 Å². The molecule has 0 saturated carbocycles. The molecule has 1 aromatic rings. The molecule has 0 spiro atoms. The van der Waals surface area contributed by atoms with E-state index in [1.807, 2.05) is 4.98 Å². The zero-order chi connectivity index (χ0) is 11.6. The SMILES string of the molecule is O=c1[nH]c(OC(F)(F)F)cc(I)c1CCl. The molecule has 0 radical (unpaired) electrons. The second kappa shape index (κ2) is 4.60. The van der Waals surface area contributed by atoms with Gasteiger partial charge in [0.2, 0.25) is 5.88 Å². The van der Waals surface area contributed by atoms with Gasteiger partial charge in [-0.25, -0.2) is 0 Å². The van der Waals surface area contributed by atoms with Crippen LogP contribution in [0.2, 0.25) is 0 Å². The molecule has 0 aliphatic carbocycles. The number of hydrogen-bond acceptors (Lipinski definition) is 2. The third-order valence-corrected chi connectivity index (χ3v) is 2.65. The molecule has 0 aromatic carbocycles. The fourth-order valence-corrected chi connectivity index (χ4v) is 2.05. The van der Waals surface area contributed by atoms with Crippen LogP contribution in [0.15, 0.2) is 10.9 Å². The van der Waals surface area contributed by atoms with Gasteiger partial charge in [0.1, 0.15) is 0 Å². The van der Waals surface area contributed by atoms with Gasteiger partial charge in [-0.05, 0) is 22.6 Å². The summed E-state index contributed by atoms with van der Waals surface area (Å²) >= 11 is 7.15. The summed E-state index contributed by atoms with van der Waals surface area (Å²) in [5.74, 6) is -0.717. The fraction of sp³-hybridized carbons (Fsp3) is 0.286.